The van der Waals surface area contributed by atoms with Crippen molar-refractivity contribution >= 4 is 0 Å². The van der Waals surface area contributed by atoms with Crippen molar-refractivity contribution in [3.63, 3.8) is 0 Å². The van der Waals surface area contributed by atoms with Crippen LogP contribution in [-0.2, 0) is 4.74 Å². The van der Waals surface area contributed by atoms with Crippen LogP contribution in [0.5, 0.6) is 0 Å². The minimum absolute atomic E-state index is 0.201. The first-order valence-electron chi connectivity index (χ1n) is 5.58. The van der Waals surface area contributed by atoms with Crippen LogP contribution in [0.1, 0.15) is 33.6 Å². The summed E-state index contributed by atoms with van der Waals surface area (Å²) in [7, 11) is 1.80. The summed E-state index contributed by atoms with van der Waals surface area (Å²) in [5, 5.41) is 7.02. The lowest BCUT2D eigenvalue weighted by Gasteiger charge is -2.37. The van der Waals surface area contributed by atoms with Gasteiger partial charge in [0.05, 0.1) is 6.10 Å². The standard InChI is InChI=1S/C11H24N2O/c1-5-13-11(2,3)8-12-9-6-10(7-9)14-4/h9-10,12-13H,5-8H2,1-4H3. The van der Waals surface area contributed by atoms with E-state index in [1.54, 1.807) is 7.11 Å². The summed E-state index contributed by atoms with van der Waals surface area (Å²) in [6.45, 7) is 8.67. The van der Waals surface area contributed by atoms with Crippen LogP contribution in [0.4, 0.5) is 0 Å². The molecule has 0 amide bonds. The third-order valence-electron chi connectivity index (χ3n) is 2.92. The number of likely N-dealkylation sites (N-methyl/N-ethyl adjacent to an activating group) is 1. The van der Waals surface area contributed by atoms with Gasteiger partial charge in [-0.2, -0.15) is 0 Å². The molecule has 0 aliphatic heterocycles. The summed E-state index contributed by atoms with van der Waals surface area (Å²) >= 11 is 0. The maximum absolute atomic E-state index is 5.24. The van der Waals surface area contributed by atoms with E-state index in [9.17, 15) is 0 Å². The zero-order chi connectivity index (χ0) is 10.6. The molecule has 3 heteroatoms. The van der Waals surface area contributed by atoms with E-state index in [-0.39, 0.29) is 5.54 Å². The fourth-order valence-corrected chi connectivity index (χ4v) is 1.87. The summed E-state index contributed by atoms with van der Waals surface area (Å²) in [5.41, 5.74) is 0.201. The summed E-state index contributed by atoms with van der Waals surface area (Å²) in [5.74, 6) is 0. The second kappa shape index (κ2) is 5.10. The van der Waals surface area contributed by atoms with E-state index in [0.29, 0.717) is 12.1 Å². The Labute approximate surface area is 87.6 Å². The molecular formula is C11H24N2O. The Morgan fingerprint density at radius 2 is 2.00 bits per heavy atom. The highest BCUT2D eigenvalue weighted by Crippen LogP contribution is 2.22. The molecule has 0 saturated heterocycles. The Hall–Kier alpha value is -0.120. The van der Waals surface area contributed by atoms with Crippen molar-refractivity contribution in [1.29, 1.82) is 0 Å². The lowest BCUT2D eigenvalue weighted by atomic mass is 9.88. The molecule has 2 N–H and O–H groups in total. The van der Waals surface area contributed by atoms with Crippen molar-refractivity contribution < 1.29 is 4.74 Å². The molecule has 0 radical (unpaired) electrons. The van der Waals surface area contributed by atoms with E-state index in [2.05, 4.69) is 31.4 Å². The smallest absolute Gasteiger partial charge is 0.0601 e. The zero-order valence-corrected chi connectivity index (χ0v) is 9.89. The van der Waals surface area contributed by atoms with Gasteiger partial charge in [-0.3, -0.25) is 0 Å². The number of ether oxygens (including phenoxy) is 1. The molecule has 0 aromatic rings. The molecule has 0 bridgehead atoms. The first-order valence-corrected chi connectivity index (χ1v) is 5.58. The molecule has 1 aliphatic carbocycles. The molecule has 1 aliphatic rings. The Morgan fingerprint density at radius 3 is 2.50 bits per heavy atom. The van der Waals surface area contributed by atoms with E-state index < -0.39 is 0 Å². The lowest BCUT2D eigenvalue weighted by Crippen LogP contribution is -2.53. The molecule has 0 aromatic heterocycles. The van der Waals surface area contributed by atoms with Crippen molar-refractivity contribution in [3.05, 3.63) is 0 Å². The minimum atomic E-state index is 0.201. The van der Waals surface area contributed by atoms with Gasteiger partial charge < -0.3 is 15.4 Å². The summed E-state index contributed by atoms with van der Waals surface area (Å²) < 4.78 is 5.24. The van der Waals surface area contributed by atoms with Crippen molar-refractivity contribution in [2.75, 3.05) is 20.2 Å². The van der Waals surface area contributed by atoms with Crippen LogP contribution in [0.25, 0.3) is 0 Å². The molecular weight excluding hydrogens is 176 g/mol. The van der Waals surface area contributed by atoms with Gasteiger partial charge in [0.25, 0.3) is 0 Å². The molecule has 84 valence electrons. The van der Waals surface area contributed by atoms with E-state index in [1.807, 2.05) is 0 Å². The van der Waals surface area contributed by atoms with Crippen molar-refractivity contribution in [2.45, 2.75) is 51.3 Å². The average molecular weight is 200 g/mol. The van der Waals surface area contributed by atoms with Crippen molar-refractivity contribution in [3.8, 4) is 0 Å². The van der Waals surface area contributed by atoms with Crippen LogP contribution >= 0.6 is 0 Å². The van der Waals surface area contributed by atoms with Crippen LogP contribution in [0.2, 0.25) is 0 Å². The maximum atomic E-state index is 5.24. The first kappa shape index (κ1) is 12.0. The van der Waals surface area contributed by atoms with Crippen LogP contribution < -0.4 is 10.6 Å². The molecule has 0 atom stereocenters. The maximum Gasteiger partial charge on any atom is 0.0601 e. The Kier molecular flexibility index (Phi) is 4.35. The summed E-state index contributed by atoms with van der Waals surface area (Å²) in [6, 6.07) is 0.665. The summed E-state index contributed by atoms with van der Waals surface area (Å²) in [4.78, 5) is 0. The third kappa shape index (κ3) is 3.56. The van der Waals surface area contributed by atoms with Crippen LogP contribution in [0.3, 0.4) is 0 Å². The minimum Gasteiger partial charge on any atom is -0.381 e. The fraction of sp³-hybridized carbons (Fsp3) is 1.00. The summed E-state index contributed by atoms with van der Waals surface area (Å²) in [6.07, 6.45) is 2.83. The SMILES string of the molecule is CCNC(C)(C)CNC1CC(OC)C1. The second-order valence-electron chi connectivity index (χ2n) is 4.82. The highest BCUT2D eigenvalue weighted by atomic mass is 16.5. The average Bonchev–Trinajstić information content (AvgIpc) is 2.01. The molecule has 0 spiro atoms. The molecule has 0 heterocycles. The quantitative estimate of drug-likeness (QED) is 0.674. The van der Waals surface area contributed by atoms with Gasteiger partial charge in [-0.05, 0) is 33.2 Å². The molecule has 0 unspecified atom stereocenters. The second-order valence-corrected chi connectivity index (χ2v) is 4.82. The van der Waals surface area contributed by atoms with E-state index in [4.69, 9.17) is 4.74 Å². The Morgan fingerprint density at radius 1 is 1.36 bits per heavy atom. The molecule has 1 fully saturated rings. The molecule has 1 rings (SSSR count). The van der Waals surface area contributed by atoms with Gasteiger partial charge in [-0.15, -0.1) is 0 Å². The van der Waals surface area contributed by atoms with Gasteiger partial charge >= 0.3 is 0 Å². The Balaban J connectivity index is 2.09. The number of hydrogen-bond donors (Lipinski definition) is 2. The van der Waals surface area contributed by atoms with Gasteiger partial charge in [0.15, 0.2) is 0 Å². The van der Waals surface area contributed by atoms with Crippen molar-refractivity contribution in [2.24, 2.45) is 0 Å². The lowest BCUT2D eigenvalue weighted by molar-refractivity contribution is 0.0159. The third-order valence-corrected chi connectivity index (χ3v) is 2.92. The van der Waals surface area contributed by atoms with Crippen molar-refractivity contribution in [1.82, 2.24) is 10.6 Å². The van der Waals surface area contributed by atoms with Gasteiger partial charge in [-0.1, -0.05) is 6.92 Å². The topological polar surface area (TPSA) is 33.3 Å². The first-order chi connectivity index (χ1) is 6.57. The predicted molar refractivity (Wildman–Crippen MR) is 59.6 cm³/mol. The van der Waals surface area contributed by atoms with Gasteiger partial charge in [0.1, 0.15) is 0 Å². The van der Waals surface area contributed by atoms with Crippen LogP contribution in [0.15, 0.2) is 0 Å². The van der Waals surface area contributed by atoms with Crippen LogP contribution in [-0.4, -0.2) is 37.9 Å². The molecule has 3 nitrogen and oxygen atoms in total. The van der Waals surface area contributed by atoms with Gasteiger partial charge in [0.2, 0.25) is 0 Å². The number of hydrogen-bond acceptors (Lipinski definition) is 3. The number of rotatable bonds is 6. The number of methoxy groups -OCH3 is 1. The monoisotopic (exact) mass is 200 g/mol. The molecule has 1 saturated carbocycles. The van der Waals surface area contributed by atoms with Gasteiger partial charge in [0, 0.05) is 25.2 Å². The van der Waals surface area contributed by atoms with E-state index in [0.717, 1.165) is 13.1 Å². The largest absolute Gasteiger partial charge is 0.381 e. The molecule has 14 heavy (non-hydrogen) atoms. The van der Waals surface area contributed by atoms with Gasteiger partial charge in [-0.25, -0.2) is 0 Å². The molecule has 0 aromatic carbocycles. The predicted octanol–water partition coefficient (Wildman–Crippen LogP) is 1.14. The zero-order valence-electron chi connectivity index (χ0n) is 9.89. The van der Waals surface area contributed by atoms with E-state index in [1.165, 1.54) is 12.8 Å². The highest BCUT2D eigenvalue weighted by Gasteiger charge is 2.29. The van der Waals surface area contributed by atoms with E-state index >= 15 is 0 Å². The fourth-order valence-electron chi connectivity index (χ4n) is 1.87. The van der Waals surface area contributed by atoms with Crippen LogP contribution in [0, 0.1) is 0 Å². The normalized spacial score (nSPS) is 27.4. The number of nitrogens with one attached hydrogen (secondary N) is 2. The highest BCUT2D eigenvalue weighted by molar-refractivity contribution is 4.89. The Bertz CT molecular complexity index is 165.